The zero-order valence-electron chi connectivity index (χ0n) is 17.4. The van der Waals surface area contributed by atoms with Crippen LogP contribution in [0.15, 0.2) is 109 Å². The Hall–Kier alpha value is -3.72. The second kappa shape index (κ2) is 7.45. The molecule has 6 rings (SSSR count). The van der Waals surface area contributed by atoms with Gasteiger partial charge < -0.3 is 10.2 Å². The Morgan fingerprint density at radius 2 is 0.781 bits per heavy atom. The lowest BCUT2D eigenvalue weighted by atomic mass is 9.86. The van der Waals surface area contributed by atoms with Crippen molar-refractivity contribution in [3.63, 3.8) is 0 Å². The van der Waals surface area contributed by atoms with E-state index in [0.717, 1.165) is 54.6 Å². The summed E-state index contributed by atoms with van der Waals surface area (Å²) in [5.74, 6) is 0. The first-order valence-corrected chi connectivity index (χ1v) is 10.9. The molecule has 6 aromatic carbocycles. The molecule has 0 fully saturated rings. The number of hydrogen-bond acceptors (Lipinski definition) is 2. The normalized spacial score (nSPS) is 13.7. The molecule has 0 aliphatic rings. The van der Waals surface area contributed by atoms with Gasteiger partial charge in [0.2, 0.25) is 0 Å². The fraction of sp³-hybridized carbons (Fsp3) is 0.0667. The molecule has 0 aliphatic carbocycles. The first kappa shape index (κ1) is 19.0. The zero-order valence-corrected chi connectivity index (χ0v) is 17.4. The highest BCUT2D eigenvalue weighted by atomic mass is 16.3. The highest BCUT2D eigenvalue weighted by Gasteiger charge is 2.20. The molecule has 0 saturated carbocycles. The van der Waals surface area contributed by atoms with Crippen molar-refractivity contribution in [2.45, 2.75) is 12.2 Å². The molecule has 2 heteroatoms. The number of rotatable bonds is 4. The molecule has 2 atom stereocenters. The van der Waals surface area contributed by atoms with Crippen molar-refractivity contribution in [2.75, 3.05) is 0 Å². The molecule has 0 saturated heterocycles. The average Bonchev–Trinajstić information content (AvgIpc) is 2.87. The van der Waals surface area contributed by atoms with E-state index in [1.54, 1.807) is 0 Å². The molecule has 6 aromatic rings. The SMILES string of the molecule is OC(c1ccccc1)c1ccc2ccc3c(C(O)c4ccccc4)ccc4ccc1c2c43. The molecule has 2 nitrogen and oxygen atoms in total. The minimum Gasteiger partial charge on any atom is -0.384 e. The third kappa shape index (κ3) is 2.89. The fourth-order valence-corrected chi connectivity index (χ4v) is 4.95. The monoisotopic (exact) mass is 414 g/mol. The number of benzene rings is 6. The van der Waals surface area contributed by atoms with Crippen LogP contribution in [0.3, 0.4) is 0 Å². The molecule has 2 unspecified atom stereocenters. The summed E-state index contributed by atoms with van der Waals surface area (Å²) in [5, 5.41) is 29.0. The topological polar surface area (TPSA) is 40.5 Å². The Balaban J connectivity index is 1.62. The van der Waals surface area contributed by atoms with Crippen LogP contribution >= 0.6 is 0 Å². The van der Waals surface area contributed by atoms with E-state index in [4.69, 9.17) is 0 Å². The van der Waals surface area contributed by atoms with E-state index < -0.39 is 12.2 Å². The first-order chi connectivity index (χ1) is 15.7. The van der Waals surface area contributed by atoms with Crippen molar-refractivity contribution in [3.05, 3.63) is 131 Å². The molecule has 154 valence electrons. The van der Waals surface area contributed by atoms with Gasteiger partial charge in [0.1, 0.15) is 12.2 Å². The number of hydrogen-bond donors (Lipinski definition) is 2. The van der Waals surface area contributed by atoms with Crippen LogP contribution < -0.4 is 0 Å². The largest absolute Gasteiger partial charge is 0.384 e. The van der Waals surface area contributed by atoms with Crippen LogP contribution in [-0.4, -0.2) is 10.2 Å². The zero-order chi connectivity index (χ0) is 21.7. The van der Waals surface area contributed by atoms with Gasteiger partial charge in [0, 0.05) is 0 Å². The standard InChI is InChI=1S/C30H22O2/c31-29(21-7-3-1-4-8-21)25-17-13-19-12-16-24-26(30(32)22-9-5-2-6-10-22)18-14-20-11-15-23(25)27(19)28(20)24/h1-18,29-32H. The van der Waals surface area contributed by atoms with Gasteiger partial charge in [-0.05, 0) is 54.6 Å². The van der Waals surface area contributed by atoms with E-state index in [-0.39, 0.29) is 0 Å². The van der Waals surface area contributed by atoms with Gasteiger partial charge in [-0.25, -0.2) is 0 Å². The summed E-state index contributed by atoms with van der Waals surface area (Å²) < 4.78 is 0. The highest BCUT2D eigenvalue weighted by Crippen LogP contribution is 2.41. The molecule has 0 amide bonds. The van der Waals surface area contributed by atoms with Crippen molar-refractivity contribution < 1.29 is 10.2 Å². The van der Waals surface area contributed by atoms with Gasteiger partial charge in [-0.1, -0.05) is 109 Å². The van der Waals surface area contributed by atoms with E-state index in [0.29, 0.717) is 0 Å². The summed E-state index contributed by atoms with van der Waals surface area (Å²) in [6, 6.07) is 36.2. The maximum Gasteiger partial charge on any atom is 0.105 e. The lowest BCUT2D eigenvalue weighted by Crippen LogP contribution is -2.02. The van der Waals surface area contributed by atoms with Crippen LogP contribution in [0.4, 0.5) is 0 Å². The minimum atomic E-state index is -0.699. The van der Waals surface area contributed by atoms with Gasteiger partial charge in [0.25, 0.3) is 0 Å². The summed E-state index contributed by atoms with van der Waals surface area (Å²) in [6.07, 6.45) is -1.40. The number of aliphatic hydroxyl groups excluding tert-OH is 2. The van der Waals surface area contributed by atoms with Gasteiger partial charge in [0.15, 0.2) is 0 Å². The quantitative estimate of drug-likeness (QED) is 0.313. The Morgan fingerprint density at radius 3 is 1.19 bits per heavy atom. The van der Waals surface area contributed by atoms with Crippen molar-refractivity contribution >= 4 is 32.3 Å². The Morgan fingerprint density at radius 1 is 0.406 bits per heavy atom. The molecular weight excluding hydrogens is 392 g/mol. The van der Waals surface area contributed by atoms with Gasteiger partial charge in [0.05, 0.1) is 0 Å². The van der Waals surface area contributed by atoms with E-state index in [9.17, 15) is 10.2 Å². The Bertz CT molecular complexity index is 1420. The van der Waals surface area contributed by atoms with E-state index in [1.807, 2.05) is 72.8 Å². The predicted octanol–water partition coefficient (Wildman–Crippen LogP) is 6.75. The average molecular weight is 415 g/mol. The molecule has 2 N–H and O–H groups in total. The lowest BCUT2D eigenvalue weighted by molar-refractivity contribution is 0.221. The van der Waals surface area contributed by atoms with E-state index >= 15 is 0 Å². The lowest BCUT2D eigenvalue weighted by Gasteiger charge is -2.20. The van der Waals surface area contributed by atoms with Crippen molar-refractivity contribution in [1.29, 1.82) is 0 Å². The molecule has 0 heterocycles. The van der Waals surface area contributed by atoms with Crippen LogP contribution in [0.1, 0.15) is 34.5 Å². The molecule has 0 radical (unpaired) electrons. The fourth-order valence-electron chi connectivity index (χ4n) is 4.95. The molecule has 0 aliphatic heterocycles. The van der Waals surface area contributed by atoms with Gasteiger partial charge >= 0.3 is 0 Å². The van der Waals surface area contributed by atoms with Crippen LogP contribution in [-0.2, 0) is 0 Å². The maximum absolute atomic E-state index is 11.2. The molecule has 0 bridgehead atoms. The van der Waals surface area contributed by atoms with E-state index in [2.05, 4.69) is 36.4 Å². The maximum atomic E-state index is 11.2. The van der Waals surface area contributed by atoms with E-state index in [1.165, 1.54) is 0 Å². The second-order valence-electron chi connectivity index (χ2n) is 8.36. The van der Waals surface area contributed by atoms with Gasteiger partial charge in [-0.2, -0.15) is 0 Å². The molecule has 0 spiro atoms. The molecule has 32 heavy (non-hydrogen) atoms. The highest BCUT2D eigenvalue weighted by molar-refractivity contribution is 6.24. The van der Waals surface area contributed by atoms with Crippen LogP contribution in [0.5, 0.6) is 0 Å². The van der Waals surface area contributed by atoms with Crippen molar-refractivity contribution in [1.82, 2.24) is 0 Å². The Kier molecular flexibility index (Phi) is 4.43. The third-order valence-corrected chi connectivity index (χ3v) is 6.55. The minimum absolute atomic E-state index is 0.699. The van der Waals surface area contributed by atoms with Gasteiger partial charge in [-0.15, -0.1) is 0 Å². The molecular formula is C30H22O2. The smallest absolute Gasteiger partial charge is 0.105 e. The van der Waals surface area contributed by atoms with Crippen molar-refractivity contribution in [2.24, 2.45) is 0 Å². The summed E-state index contributed by atoms with van der Waals surface area (Å²) in [4.78, 5) is 0. The van der Waals surface area contributed by atoms with Crippen LogP contribution in [0.25, 0.3) is 32.3 Å². The Labute approximate surface area is 186 Å². The van der Waals surface area contributed by atoms with Gasteiger partial charge in [-0.3, -0.25) is 0 Å². The summed E-state index contributed by atoms with van der Waals surface area (Å²) >= 11 is 0. The van der Waals surface area contributed by atoms with Crippen LogP contribution in [0, 0.1) is 0 Å². The summed E-state index contributed by atoms with van der Waals surface area (Å²) in [7, 11) is 0. The number of aliphatic hydroxyl groups is 2. The summed E-state index contributed by atoms with van der Waals surface area (Å²) in [6.45, 7) is 0. The second-order valence-corrected chi connectivity index (χ2v) is 8.36. The van der Waals surface area contributed by atoms with Crippen LogP contribution in [0.2, 0.25) is 0 Å². The molecule has 0 aromatic heterocycles. The predicted molar refractivity (Wildman–Crippen MR) is 131 cm³/mol. The third-order valence-electron chi connectivity index (χ3n) is 6.55. The summed E-state index contributed by atoms with van der Waals surface area (Å²) in [5.41, 5.74) is 3.55. The van der Waals surface area contributed by atoms with Crippen molar-refractivity contribution in [3.8, 4) is 0 Å². The first-order valence-electron chi connectivity index (χ1n) is 10.9.